The van der Waals surface area contributed by atoms with E-state index in [-0.39, 0.29) is 5.92 Å². The van der Waals surface area contributed by atoms with Gasteiger partial charge in [-0.3, -0.25) is 4.79 Å². The molecule has 0 aromatic heterocycles. The first-order chi connectivity index (χ1) is 10.7. The van der Waals surface area contributed by atoms with Gasteiger partial charge in [0, 0.05) is 30.6 Å². The van der Waals surface area contributed by atoms with Crippen LogP contribution in [0.4, 0.5) is 0 Å². The number of hydrogen-bond acceptors (Lipinski definition) is 2. The summed E-state index contributed by atoms with van der Waals surface area (Å²) in [5.74, 6) is 0.940. The maximum absolute atomic E-state index is 12.7. The Kier molecular flexibility index (Phi) is 3.66. The Morgan fingerprint density at radius 1 is 1.27 bits per heavy atom. The van der Waals surface area contributed by atoms with Gasteiger partial charge in [-0.25, -0.2) is 0 Å². The summed E-state index contributed by atoms with van der Waals surface area (Å²) in [4.78, 5) is 14.8. The smallest absolute Gasteiger partial charge is 0.226 e. The Labute approximate surface area is 137 Å². The van der Waals surface area contributed by atoms with Crippen LogP contribution in [0, 0.1) is 11.3 Å². The monoisotopic (exact) mass is 318 g/mol. The van der Waals surface area contributed by atoms with Gasteiger partial charge in [-0.1, -0.05) is 23.7 Å². The van der Waals surface area contributed by atoms with E-state index in [0.717, 1.165) is 37.6 Å². The number of halogens is 1. The number of carbonyl (C=O) groups excluding carboxylic acids is 1. The Bertz CT molecular complexity index is 572. The summed E-state index contributed by atoms with van der Waals surface area (Å²) in [6, 6.07) is 7.98. The SMILES string of the molecule is O=C(C1CC1c1cccc(Cl)c1)N1CCC2(CCNC2)CC1. The molecule has 3 aliphatic rings. The molecular formula is C18H23ClN2O. The van der Waals surface area contributed by atoms with E-state index >= 15 is 0 Å². The summed E-state index contributed by atoms with van der Waals surface area (Å²) >= 11 is 6.06. The first-order valence-corrected chi connectivity index (χ1v) is 8.80. The van der Waals surface area contributed by atoms with Crippen LogP contribution >= 0.6 is 11.6 Å². The standard InChI is InChI=1S/C18H23ClN2O/c19-14-3-1-2-13(10-14)15-11-16(15)17(22)21-8-5-18(6-9-21)4-7-20-12-18/h1-3,10,15-16,20H,4-9,11-12H2. The van der Waals surface area contributed by atoms with Gasteiger partial charge in [-0.15, -0.1) is 0 Å². The number of rotatable bonds is 2. The first-order valence-electron chi connectivity index (χ1n) is 8.42. The summed E-state index contributed by atoms with van der Waals surface area (Å²) in [7, 11) is 0. The molecule has 0 radical (unpaired) electrons. The van der Waals surface area contributed by atoms with E-state index in [0.29, 0.717) is 17.2 Å². The average molecular weight is 319 g/mol. The van der Waals surface area contributed by atoms with Crippen molar-refractivity contribution in [3.05, 3.63) is 34.9 Å². The van der Waals surface area contributed by atoms with E-state index in [9.17, 15) is 4.79 Å². The molecule has 4 heteroatoms. The molecule has 22 heavy (non-hydrogen) atoms. The van der Waals surface area contributed by atoms with Crippen LogP contribution in [-0.4, -0.2) is 37.0 Å². The van der Waals surface area contributed by atoms with Crippen LogP contribution in [0.15, 0.2) is 24.3 Å². The summed E-state index contributed by atoms with van der Waals surface area (Å²) in [5.41, 5.74) is 1.70. The molecule has 1 spiro atoms. The lowest BCUT2D eigenvalue weighted by Crippen LogP contribution is -2.44. The predicted octanol–water partition coefficient (Wildman–Crippen LogP) is 3.05. The zero-order chi connectivity index (χ0) is 15.2. The van der Waals surface area contributed by atoms with Crippen molar-refractivity contribution < 1.29 is 4.79 Å². The van der Waals surface area contributed by atoms with Crippen molar-refractivity contribution in [1.82, 2.24) is 10.2 Å². The summed E-state index contributed by atoms with van der Waals surface area (Å²) < 4.78 is 0. The molecule has 2 saturated heterocycles. The molecule has 1 aromatic carbocycles. The van der Waals surface area contributed by atoms with Gasteiger partial charge in [0.15, 0.2) is 0 Å². The van der Waals surface area contributed by atoms with Gasteiger partial charge in [0.25, 0.3) is 0 Å². The number of hydrogen-bond donors (Lipinski definition) is 1. The minimum absolute atomic E-state index is 0.189. The van der Waals surface area contributed by atoms with Crippen LogP contribution in [0.3, 0.4) is 0 Å². The van der Waals surface area contributed by atoms with Crippen LogP contribution in [0.2, 0.25) is 5.02 Å². The highest BCUT2D eigenvalue weighted by Gasteiger charge is 2.47. The number of nitrogens with one attached hydrogen (secondary N) is 1. The molecule has 4 rings (SSSR count). The van der Waals surface area contributed by atoms with E-state index in [1.165, 1.54) is 24.8 Å². The lowest BCUT2D eigenvalue weighted by Gasteiger charge is -2.39. The van der Waals surface area contributed by atoms with Gasteiger partial charge in [-0.05, 0) is 61.3 Å². The number of nitrogens with zero attached hydrogens (tertiary/aromatic N) is 1. The molecule has 2 unspecified atom stereocenters. The van der Waals surface area contributed by atoms with Gasteiger partial charge >= 0.3 is 0 Å². The summed E-state index contributed by atoms with van der Waals surface area (Å²) in [5, 5.41) is 4.25. The Morgan fingerprint density at radius 3 is 2.77 bits per heavy atom. The van der Waals surface area contributed by atoms with E-state index < -0.39 is 0 Å². The highest BCUT2D eigenvalue weighted by molar-refractivity contribution is 6.30. The number of likely N-dealkylation sites (tertiary alicyclic amines) is 1. The third-order valence-electron chi connectivity index (χ3n) is 5.85. The quantitative estimate of drug-likeness (QED) is 0.909. The Balaban J connectivity index is 1.36. The van der Waals surface area contributed by atoms with Gasteiger partial charge in [0.2, 0.25) is 5.91 Å². The third-order valence-corrected chi connectivity index (χ3v) is 6.09. The van der Waals surface area contributed by atoms with E-state index in [1.54, 1.807) is 0 Å². The second-order valence-corrected chi connectivity index (χ2v) is 7.69. The van der Waals surface area contributed by atoms with Gasteiger partial charge in [0.1, 0.15) is 0 Å². The topological polar surface area (TPSA) is 32.3 Å². The second kappa shape index (κ2) is 5.54. The zero-order valence-electron chi connectivity index (χ0n) is 12.9. The molecule has 1 amide bonds. The Hall–Kier alpha value is -1.06. The minimum atomic E-state index is 0.189. The maximum Gasteiger partial charge on any atom is 0.226 e. The zero-order valence-corrected chi connectivity index (χ0v) is 13.6. The fourth-order valence-corrected chi connectivity index (χ4v) is 4.43. The first kappa shape index (κ1) is 14.5. The molecule has 1 aliphatic carbocycles. The van der Waals surface area contributed by atoms with Crippen molar-refractivity contribution in [3.63, 3.8) is 0 Å². The molecule has 3 nitrogen and oxygen atoms in total. The number of carbonyl (C=O) groups is 1. The molecule has 2 atom stereocenters. The van der Waals surface area contributed by atoms with Gasteiger partial charge in [0.05, 0.1) is 0 Å². The fraction of sp³-hybridized carbons (Fsp3) is 0.611. The van der Waals surface area contributed by atoms with Crippen LogP contribution in [-0.2, 0) is 4.79 Å². The lowest BCUT2D eigenvalue weighted by molar-refractivity contribution is -0.134. The van der Waals surface area contributed by atoms with Crippen LogP contribution in [0.25, 0.3) is 0 Å². The molecule has 2 aliphatic heterocycles. The third kappa shape index (κ3) is 2.65. The van der Waals surface area contributed by atoms with Crippen LogP contribution < -0.4 is 5.32 Å². The largest absolute Gasteiger partial charge is 0.342 e. The highest BCUT2D eigenvalue weighted by Crippen LogP contribution is 2.49. The van der Waals surface area contributed by atoms with Crippen LogP contribution in [0.1, 0.15) is 37.2 Å². The van der Waals surface area contributed by atoms with Crippen molar-refractivity contribution in [2.75, 3.05) is 26.2 Å². The molecular weight excluding hydrogens is 296 g/mol. The fourth-order valence-electron chi connectivity index (χ4n) is 4.23. The van der Waals surface area contributed by atoms with Crippen molar-refractivity contribution in [3.8, 4) is 0 Å². The van der Waals surface area contributed by atoms with Crippen molar-refractivity contribution in [1.29, 1.82) is 0 Å². The Morgan fingerprint density at radius 2 is 2.09 bits per heavy atom. The molecule has 1 saturated carbocycles. The van der Waals surface area contributed by atoms with E-state index in [4.69, 9.17) is 11.6 Å². The van der Waals surface area contributed by atoms with Crippen molar-refractivity contribution in [2.45, 2.75) is 31.6 Å². The van der Waals surface area contributed by atoms with Gasteiger partial charge < -0.3 is 10.2 Å². The van der Waals surface area contributed by atoms with E-state index in [1.807, 2.05) is 18.2 Å². The normalized spacial score (nSPS) is 29.8. The molecule has 2 heterocycles. The minimum Gasteiger partial charge on any atom is -0.342 e. The lowest BCUT2D eigenvalue weighted by atomic mass is 9.78. The summed E-state index contributed by atoms with van der Waals surface area (Å²) in [6.07, 6.45) is 4.60. The molecule has 1 aromatic rings. The predicted molar refractivity (Wildman–Crippen MR) is 88.0 cm³/mol. The van der Waals surface area contributed by atoms with Crippen LogP contribution in [0.5, 0.6) is 0 Å². The molecule has 3 fully saturated rings. The molecule has 1 N–H and O–H groups in total. The highest BCUT2D eigenvalue weighted by atomic mass is 35.5. The van der Waals surface area contributed by atoms with Crippen molar-refractivity contribution >= 4 is 17.5 Å². The number of amides is 1. The molecule has 118 valence electrons. The van der Waals surface area contributed by atoms with Crippen molar-refractivity contribution in [2.24, 2.45) is 11.3 Å². The summed E-state index contributed by atoms with van der Waals surface area (Å²) in [6.45, 7) is 4.18. The number of piperidine rings is 1. The average Bonchev–Trinajstić information content (AvgIpc) is 3.22. The maximum atomic E-state index is 12.7. The second-order valence-electron chi connectivity index (χ2n) is 7.26. The number of benzene rings is 1. The van der Waals surface area contributed by atoms with Gasteiger partial charge in [-0.2, -0.15) is 0 Å². The van der Waals surface area contributed by atoms with E-state index in [2.05, 4.69) is 16.3 Å². The molecule has 0 bridgehead atoms.